The van der Waals surface area contributed by atoms with Crippen molar-refractivity contribution in [2.24, 2.45) is 0 Å². The molecule has 3 aromatic rings. The van der Waals surface area contributed by atoms with Gasteiger partial charge in [0.05, 0.1) is 4.90 Å². The molecule has 1 aliphatic heterocycles. The fourth-order valence-electron chi connectivity index (χ4n) is 3.65. The maximum absolute atomic E-state index is 12.5. The third-order valence-electron chi connectivity index (χ3n) is 5.37. The Bertz CT molecular complexity index is 1190. The molecule has 4 rings (SSSR count). The van der Waals surface area contributed by atoms with E-state index in [1.54, 1.807) is 36.5 Å². The van der Waals surface area contributed by atoms with Crippen LogP contribution in [-0.4, -0.2) is 42.5 Å². The van der Waals surface area contributed by atoms with Crippen LogP contribution in [0.2, 0.25) is 0 Å². The highest BCUT2D eigenvalue weighted by molar-refractivity contribution is 7.89. The molecule has 1 fully saturated rings. The standard InChI is InChI=1S/C22H25N5O3S/c1-2-17-14-21(28)25-22(24-17)16-8-9-20(23-15-16)27-12-10-18(11-13-27)26-31(29,30)19-6-4-3-5-7-19/h3-9,14-15,18,26H,2,10-13H2,1H3,(H,24,25,28). The maximum Gasteiger partial charge on any atom is 0.251 e. The van der Waals surface area contributed by atoms with Gasteiger partial charge in [0.15, 0.2) is 0 Å². The van der Waals surface area contributed by atoms with Crippen LogP contribution in [0, 0.1) is 0 Å². The van der Waals surface area contributed by atoms with E-state index >= 15 is 0 Å². The van der Waals surface area contributed by atoms with Crippen molar-refractivity contribution >= 4 is 15.8 Å². The second kappa shape index (κ2) is 8.99. The van der Waals surface area contributed by atoms with Crippen molar-refractivity contribution in [1.82, 2.24) is 19.7 Å². The summed E-state index contributed by atoms with van der Waals surface area (Å²) in [6, 6.07) is 13.6. The van der Waals surface area contributed by atoms with E-state index in [1.807, 2.05) is 19.1 Å². The summed E-state index contributed by atoms with van der Waals surface area (Å²) < 4.78 is 27.9. The number of rotatable bonds is 6. The molecule has 162 valence electrons. The van der Waals surface area contributed by atoms with Crippen molar-refractivity contribution in [1.29, 1.82) is 0 Å². The van der Waals surface area contributed by atoms with E-state index in [0.29, 0.717) is 38.2 Å². The fraction of sp³-hybridized carbons (Fsp3) is 0.318. The zero-order valence-corrected chi connectivity index (χ0v) is 18.1. The van der Waals surface area contributed by atoms with E-state index in [0.717, 1.165) is 17.1 Å². The number of pyridine rings is 1. The quantitative estimate of drug-likeness (QED) is 0.610. The lowest BCUT2D eigenvalue weighted by atomic mass is 10.1. The zero-order valence-electron chi connectivity index (χ0n) is 17.3. The number of aromatic amines is 1. The lowest BCUT2D eigenvalue weighted by Gasteiger charge is -2.33. The smallest absolute Gasteiger partial charge is 0.251 e. The molecule has 1 aliphatic rings. The number of hydrogen-bond acceptors (Lipinski definition) is 6. The van der Waals surface area contributed by atoms with Crippen molar-refractivity contribution in [3.8, 4) is 11.4 Å². The molecule has 3 heterocycles. The molecule has 1 saturated heterocycles. The van der Waals surface area contributed by atoms with Crippen LogP contribution in [0.3, 0.4) is 0 Å². The van der Waals surface area contributed by atoms with Gasteiger partial charge < -0.3 is 9.88 Å². The number of benzene rings is 1. The molecule has 1 aromatic carbocycles. The topological polar surface area (TPSA) is 108 Å². The number of aromatic nitrogens is 3. The second-order valence-corrected chi connectivity index (χ2v) is 9.25. The first-order valence-electron chi connectivity index (χ1n) is 10.3. The number of anilines is 1. The maximum atomic E-state index is 12.5. The number of hydrogen-bond donors (Lipinski definition) is 2. The lowest BCUT2D eigenvalue weighted by Crippen LogP contribution is -2.44. The van der Waals surface area contributed by atoms with Crippen LogP contribution in [0.25, 0.3) is 11.4 Å². The van der Waals surface area contributed by atoms with Gasteiger partial charge in [0.1, 0.15) is 11.6 Å². The van der Waals surface area contributed by atoms with Gasteiger partial charge in [-0.15, -0.1) is 0 Å². The van der Waals surface area contributed by atoms with E-state index in [-0.39, 0.29) is 16.5 Å². The minimum Gasteiger partial charge on any atom is -0.357 e. The van der Waals surface area contributed by atoms with Crippen molar-refractivity contribution < 1.29 is 8.42 Å². The summed E-state index contributed by atoms with van der Waals surface area (Å²) in [5.41, 5.74) is 1.32. The fourth-order valence-corrected chi connectivity index (χ4v) is 4.98. The van der Waals surface area contributed by atoms with Gasteiger partial charge in [-0.3, -0.25) is 4.79 Å². The number of nitrogens with one attached hydrogen (secondary N) is 2. The SMILES string of the molecule is CCc1cc(=O)[nH]c(-c2ccc(N3CCC(NS(=O)(=O)c4ccccc4)CC3)nc2)n1. The average Bonchev–Trinajstić information content (AvgIpc) is 2.79. The largest absolute Gasteiger partial charge is 0.357 e. The van der Waals surface area contributed by atoms with Gasteiger partial charge in [-0.25, -0.2) is 23.1 Å². The molecule has 0 radical (unpaired) electrons. The zero-order chi connectivity index (χ0) is 21.8. The Hall–Kier alpha value is -3.04. The molecule has 9 heteroatoms. The summed E-state index contributed by atoms with van der Waals surface area (Å²) in [6.07, 6.45) is 3.79. The van der Waals surface area contributed by atoms with Gasteiger partial charge in [0.2, 0.25) is 10.0 Å². The molecule has 31 heavy (non-hydrogen) atoms. The third kappa shape index (κ3) is 5.00. The number of H-pyrrole nitrogens is 1. The molecule has 0 aliphatic carbocycles. The molecular formula is C22H25N5O3S. The molecule has 8 nitrogen and oxygen atoms in total. The Balaban J connectivity index is 1.39. The minimum absolute atomic E-state index is 0.105. The molecule has 0 spiro atoms. The van der Waals surface area contributed by atoms with Gasteiger partial charge >= 0.3 is 0 Å². The third-order valence-corrected chi connectivity index (χ3v) is 6.91. The van der Waals surface area contributed by atoms with Gasteiger partial charge in [0.25, 0.3) is 5.56 Å². The van der Waals surface area contributed by atoms with Crippen LogP contribution in [-0.2, 0) is 16.4 Å². The molecule has 2 aromatic heterocycles. The Morgan fingerprint density at radius 2 is 1.87 bits per heavy atom. The molecule has 0 atom stereocenters. The predicted molar refractivity (Wildman–Crippen MR) is 119 cm³/mol. The Labute approximate surface area is 181 Å². The van der Waals surface area contributed by atoms with E-state index < -0.39 is 10.0 Å². The highest BCUT2D eigenvalue weighted by Gasteiger charge is 2.25. The summed E-state index contributed by atoms with van der Waals surface area (Å²) >= 11 is 0. The van der Waals surface area contributed by atoms with E-state index in [9.17, 15) is 13.2 Å². The molecule has 0 bridgehead atoms. The van der Waals surface area contributed by atoms with E-state index in [1.165, 1.54) is 6.07 Å². The van der Waals surface area contributed by atoms with Crippen LogP contribution in [0.4, 0.5) is 5.82 Å². The Morgan fingerprint density at radius 1 is 1.13 bits per heavy atom. The molecular weight excluding hydrogens is 414 g/mol. The van der Waals surface area contributed by atoms with Crippen molar-refractivity contribution in [2.75, 3.05) is 18.0 Å². The van der Waals surface area contributed by atoms with Crippen LogP contribution in [0.1, 0.15) is 25.5 Å². The van der Waals surface area contributed by atoms with Gasteiger partial charge in [-0.05, 0) is 43.5 Å². The van der Waals surface area contributed by atoms with Gasteiger partial charge in [-0.2, -0.15) is 0 Å². The minimum atomic E-state index is -3.51. The van der Waals surface area contributed by atoms with E-state index in [4.69, 9.17) is 0 Å². The summed E-state index contributed by atoms with van der Waals surface area (Å²) in [5.74, 6) is 1.33. The lowest BCUT2D eigenvalue weighted by molar-refractivity contribution is 0.458. The highest BCUT2D eigenvalue weighted by Crippen LogP contribution is 2.22. The van der Waals surface area contributed by atoms with Crippen LogP contribution in [0.5, 0.6) is 0 Å². The summed E-state index contributed by atoms with van der Waals surface area (Å²) in [4.78, 5) is 26.0. The summed E-state index contributed by atoms with van der Waals surface area (Å²) in [6.45, 7) is 3.36. The Kier molecular flexibility index (Phi) is 6.15. The number of nitrogens with zero attached hydrogens (tertiary/aromatic N) is 3. The monoisotopic (exact) mass is 439 g/mol. The first-order valence-corrected chi connectivity index (χ1v) is 11.8. The molecule has 0 amide bonds. The predicted octanol–water partition coefficient (Wildman–Crippen LogP) is 2.34. The van der Waals surface area contributed by atoms with Crippen molar-refractivity contribution in [2.45, 2.75) is 37.1 Å². The van der Waals surface area contributed by atoms with Crippen LogP contribution in [0.15, 0.2) is 64.4 Å². The summed E-state index contributed by atoms with van der Waals surface area (Å²) in [5, 5.41) is 0. The van der Waals surface area contributed by atoms with Crippen molar-refractivity contribution in [3.05, 3.63) is 70.8 Å². The van der Waals surface area contributed by atoms with E-state index in [2.05, 4.69) is 24.6 Å². The van der Waals surface area contributed by atoms with Gasteiger partial charge in [-0.1, -0.05) is 25.1 Å². The van der Waals surface area contributed by atoms with Crippen LogP contribution >= 0.6 is 0 Å². The Morgan fingerprint density at radius 3 is 2.52 bits per heavy atom. The van der Waals surface area contributed by atoms with Crippen molar-refractivity contribution in [3.63, 3.8) is 0 Å². The highest BCUT2D eigenvalue weighted by atomic mass is 32.2. The normalized spacial score (nSPS) is 15.2. The molecule has 0 unspecified atom stereocenters. The number of piperidine rings is 1. The number of sulfonamides is 1. The summed E-state index contributed by atoms with van der Waals surface area (Å²) in [7, 11) is -3.51. The number of aryl methyl sites for hydroxylation is 1. The second-order valence-electron chi connectivity index (χ2n) is 7.54. The van der Waals surface area contributed by atoms with Gasteiger partial charge in [0, 0.05) is 42.7 Å². The molecule has 2 N–H and O–H groups in total. The average molecular weight is 440 g/mol. The first-order chi connectivity index (χ1) is 14.9. The first kappa shape index (κ1) is 21.2. The van der Waals surface area contributed by atoms with Crippen LogP contribution < -0.4 is 15.2 Å². The molecule has 0 saturated carbocycles.